The van der Waals surface area contributed by atoms with Gasteiger partial charge in [-0.1, -0.05) is 0 Å². The van der Waals surface area contributed by atoms with Crippen molar-refractivity contribution in [1.29, 1.82) is 0 Å². The first-order valence-corrected chi connectivity index (χ1v) is 6.73. The van der Waals surface area contributed by atoms with Crippen LogP contribution < -0.4 is 14.9 Å². The van der Waals surface area contributed by atoms with Crippen molar-refractivity contribution in [3.63, 3.8) is 0 Å². The largest absolute Gasteiger partial charge is 0.454 e. The third-order valence-corrected chi connectivity index (χ3v) is 4.55. The molecule has 5 heteroatoms. The van der Waals surface area contributed by atoms with Crippen molar-refractivity contribution in [3.05, 3.63) is 28.4 Å². The predicted molar refractivity (Wildman–Crippen MR) is 66.0 cm³/mol. The molecule has 3 rings (SSSR count). The highest BCUT2D eigenvalue weighted by atomic mass is 32.2. The van der Waals surface area contributed by atoms with Crippen LogP contribution in [0.15, 0.2) is 27.2 Å². The molecule has 82 valence electrons. The van der Waals surface area contributed by atoms with Gasteiger partial charge in [0, 0.05) is 22.2 Å². The van der Waals surface area contributed by atoms with E-state index in [0.29, 0.717) is 11.1 Å². The Bertz CT molecular complexity index is 618. The van der Waals surface area contributed by atoms with Gasteiger partial charge in [0.05, 0.1) is 4.21 Å². The van der Waals surface area contributed by atoms with E-state index < -0.39 is 0 Å². The summed E-state index contributed by atoms with van der Waals surface area (Å²) in [7, 11) is 0. The second kappa shape index (κ2) is 3.68. The number of thioether (sulfide) groups is 1. The molecular formula is C11H8O3S2. The minimum Gasteiger partial charge on any atom is -0.454 e. The maximum absolute atomic E-state index is 11.9. The van der Waals surface area contributed by atoms with E-state index in [1.54, 1.807) is 35.2 Å². The van der Waals surface area contributed by atoms with Crippen molar-refractivity contribution in [2.75, 3.05) is 13.0 Å². The summed E-state index contributed by atoms with van der Waals surface area (Å²) in [4.78, 5) is 11.9. The normalized spacial score (nSPS) is 13.3. The molecule has 0 aliphatic carbocycles. The van der Waals surface area contributed by atoms with Gasteiger partial charge in [0.1, 0.15) is 0 Å². The zero-order valence-electron chi connectivity index (χ0n) is 8.48. The van der Waals surface area contributed by atoms with Crippen molar-refractivity contribution in [3.8, 4) is 11.5 Å². The van der Waals surface area contributed by atoms with E-state index in [9.17, 15) is 4.79 Å². The van der Waals surface area contributed by atoms with Gasteiger partial charge < -0.3 is 9.47 Å². The monoisotopic (exact) mass is 252 g/mol. The first-order chi connectivity index (χ1) is 7.78. The molecule has 0 N–H and O–H groups in total. The maximum atomic E-state index is 11.9. The SMILES string of the molecule is CSc1cc(=O)c2cc3c(cc2s1)OCO3. The van der Waals surface area contributed by atoms with Crippen molar-refractivity contribution in [1.82, 2.24) is 0 Å². The minimum atomic E-state index is 0.0383. The third-order valence-electron chi connectivity index (χ3n) is 2.40. The zero-order chi connectivity index (χ0) is 11.1. The summed E-state index contributed by atoms with van der Waals surface area (Å²) in [6.45, 7) is 0.236. The number of benzene rings is 1. The van der Waals surface area contributed by atoms with Gasteiger partial charge in [0.15, 0.2) is 16.9 Å². The highest BCUT2D eigenvalue weighted by Crippen LogP contribution is 2.37. The summed E-state index contributed by atoms with van der Waals surface area (Å²) in [6, 6.07) is 5.31. The van der Waals surface area contributed by atoms with Crippen LogP contribution in [-0.4, -0.2) is 13.0 Å². The fourth-order valence-corrected chi connectivity index (χ4v) is 3.27. The van der Waals surface area contributed by atoms with Gasteiger partial charge in [-0.3, -0.25) is 4.79 Å². The molecule has 1 aliphatic rings. The Kier molecular flexibility index (Phi) is 2.29. The van der Waals surface area contributed by atoms with E-state index in [0.717, 1.165) is 14.7 Å². The van der Waals surface area contributed by atoms with Crippen LogP contribution in [0.5, 0.6) is 11.5 Å². The molecule has 0 unspecified atom stereocenters. The summed E-state index contributed by atoms with van der Waals surface area (Å²) in [5.41, 5.74) is 0.0383. The van der Waals surface area contributed by atoms with Gasteiger partial charge in [-0.25, -0.2) is 0 Å². The minimum absolute atomic E-state index is 0.0383. The van der Waals surface area contributed by atoms with E-state index in [-0.39, 0.29) is 12.2 Å². The number of hydrogen-bond donors (Lipinski definition) is 0. The highest BCUT2D eigenvalue weighted by molar-refractivity contribution is 8.00. The molecule has 0 atom stereocenters. The van der Waals surface area contributed by atoms with Gasteiger partial charge in [-0.05, 0) is 12.3 Å². The smallest absolute Gasteiger partial charge is 0.231 e. The van der Waals surface area contributed by atoms with Gasteiger partial charge in [0.25, 0.3) is 0 Å². The van der Waals surface area contributed by atoms with Crippen molar-refractivity contribution >= 4 is 33.2 Å². The third kappa shape index (κ3) is 1.47. The van der Waals surface area contributed by atoms with Crippen molar-refractivity contribution < 1.29 is 9.47 Å². The first kappa shape index (κ1) is 9.99. The van der Waals surface area contributed by atoms with Gasteiger partial charge in [-0.2, -0.15) is 0 Å². The van der Waals surface area contributed by atoms with Crippen LogP contribution in [0.25, 0.3) is 10.1 Å². The van der Waals surface area contributed by atoms with E-state index in [1.807, 2.05) is 12.3 Å². The molecule has 3 nitrogen and oxygen atoms in total. The van der Waals surface area contributed by atoms with Crippen LogP contribution in [0.1, 0.15) is 0 Å². The fraction of sp³-hybridized carbons (Fsp3) is 0.182. The average Bonchev–Trinajstić information content (AvgIpc) is 2.73. The highest BCUT2D eigenvalue weighted by Gasteiger charge is 2.15. The van der Waals surface area contributed by atoms with E-state index >= 15 is 0 Å². The molecule has 1 aromatic heterocycles. The Balaban J connectivity index is 2.35. The molecule has 0 radical (unpaired) electrons. The lowest BCUT2D eigenvalue weighted by Gasteiger charge is -2.01. The Morgan fingerprint density at radius 1 is 1.25 bits per heavy atom. The van der Waals surface area contributed by atoms with Gasteiger partial charge in [-0.15, -0.1) is 23.1 Å². The summed E-state index contributed by atoms with van der Waals surface area (Å²) in [5.74, 6) is 1.38. The molecule has 1 aliphatic heterocycles. The standard InChI is InChI=1S/C11H8O3S2/c1-15-11-3-7(12)6-2-8-9(14-5-13-8)4-10(6)16-11/h2-4H,5H2,1H3. The molecule has 0 spiro atoms. The molecule has 0 bridgehead atoms. The lowest BCUT2D eigenvalue weighted by molar-refractivity contribution is 0.174. The zero-order valence-corrected chi connectivity index (χ0v) is 10.1. The molecule has 2 aromatic rings. The van der Waals surface area contributed by atoms with E-state index in [1.165, 1.54) is 0 Å². The second-order valence-corrected chi connectivity index (χ2v) is 5.53. The Labute approximate surface area is 100.0 Å². The number of fused-ring (bicyclic) bond motifs is 2. The average molecular weight is 252 g/mol. The molecule has 0 saturated heterocycles. The number of rotatable bonds is 1. The molecular weight excluding hydrogens is 244 g/mol. The Hall–Kier alpha value is -1.20. The van der Waals surface area contributed by atoms with Gasteiger partial charge >= 0.3 is 0 Å². The maximum Gasteiger partial charge on any atom is 0.231 e. The molecule has 2 heterocycles. The van der Waals surface area contributed by atoms with Crippen molar-refractivity contribution in [2.24, 2.45) is 0 Å². The first-order valence-electron chi connectivity index (χ1n) is 4.69. The van der Waals surface area contributed by atoms with Crippen LogP contribution in [0, 0.1) is 0 Å². The lowest BCUT2D eigenvalue weighted by atomic mass is 10.2. The summed E-state index contributed by atoms with van der Waals surface area (Å²) < 4.78 is 12.5. The predicted octanol–water partition coefficient (Wildman–Crippen LogP) is 2.71. The molecule has 0 saturated carbocycles. The molecule has 16 heavy (non-hydrogen) atoms. The Morgan fingerprint density at radius 2 is 2.00 bits per heavy atom. The van der Waals surface area contributed by atoms with Crippen LogP contribution in [0.2, 0.25) is 0 Å². The quantitative estimate of drug-likeness (QED) is 0.731. The topological polar surface area (TPSA) is 35.5 Å². The van der Waals surface area contributed by atoms with Crippen LogP contribution in [-0.2, 0) is 0 Å². The van der Waals surface area contributed by atoms with Crippen molar-refractivity contribution in [2.45, 2.75) is 4.21 Å². The molecule has 0 fully saturated rings. The lowest BCUT2D eigenvalue weighted by Crippen LogP contribution is -1.98. The number of hydrogen-bond acceptors (Lipinski definition) is 5. The summed E-state index contributed by atoms with van der Waals surface area (Å²) in [6.07, 6.45) is 1.96. The number of ether oxygens (including phenoxy) is 2. The second-order valence-electron chi connectivity index (χ2n) is 3.34. The van der Waals surface area contributed by atoms with E-state index in [4.69, 9.17) is 9.47 Å². The summed E-state index contributed by atoms with van der Waals surface area (Å²) >= 11 is 3.17. The van der Waals surface area contributed by atoms with E-state index in [2.05, 4.69) is 0 Å². The van der Waals surface area contributed by atoms with Crippen LogP contribution in [0.3, 0.4) is 0 Å². The van der Waals surface area contributed by atoms with Crippen LogP contribution >= 0.6 is 23.1 Å². The summed E-state index contributed by atoms with van der Waals surface area (Å²) in [5, 5.41) is 0.701. The van der Waals surface area contributed by atoms with Crippen LogP contribution in [0.4, 0.5) is 0 Å². The Morgan fingerprint density at radius 3 is 2.75 bits per heavy atom. The molecule has 1 aromatic carbocycles. The van der Waals surface area contributed by atoms with Gasteiger partial charge in [0.2, 0.25) is 6.79 Å². The fourth-order valence-electron chi connectivity index (χ4n) is 1.62. The molecule has 0 amide bonds.